The van der Waals surface area contributed by atoms with Crippen LogP contribution in [-0.4, -0.2) is 51.3 Å². The van der Waals surface area contributed by atoms with E-state index in [9.17, 15) is 0 Å². The van der Waals surface area contributed by atoms with E-state index in [4.69, 9.17) is 0 Å². The molecule has 0 unspecified atom stereocenters. The lowest BCUT2D eigenvalue weighted by atomic mass is 10.1. The molecule has 1 saturated heterocycles. The topological polar surface area (TPSA) is 83.0 Å². The molecule has 3 heterocycles. The monoisotopic (exact) mass is 362 g/mol. The molecule has 1 aromatic carbocycles. The number of rotatable bonds is 5. The van der Waals surface area contributed by atoms with E-state index in [-0.39, 0.29) is 0 Å². The summed E-state index contributed by atoms with van der Waals surface area (Å²) in [5, 5.41) is 11.6. The smallest absolute Gasteiger partial charge is 0.247 e. The lowest BCUT2D eigenvalue weighted by Gasteiger charge is -2.34. The van der Waals surface area contributed by atoms with Crippen molar-refractivity contribution in [2.45, 2.75) is 13.5 Å². The van der Waals surface area contributed by atoms with Crippen molar-refractivity contribution in [3.63, 3.8) is 0 Å². The normalized spacial score (nSPS) is 14.3. The van der Waals surface area contributed by atoms with Gasteiger partial charge in [-0.3, -0.25) is 0 Å². The Morgan fingerprint density at radius 3 is 2.30 bits per heavy atom. The molecule has 1 aliphatic heterocycles. The molecular weight excluding hydrogens is 340 g/mol. The Balaban J connectivity index is 1.36. The van der Waals surface area contributed by atoms with E-state index in [1.54, 1.807) is 18.6 Å². The number of hydrogen-bond acceptors (Lipinski definition) is 8. The molecule has 0 saturated carbocycles. The standard InChI is InChI=1S/C19H22N8/c1-15-3-5-16(6-4-15)13-22-17-14-23-25-19(24-17)27-11-9-26(10-12-27)18-20-7-2-8-21-18/h2-8,14H,9-13H2,1H3,(H,22,24,25). The van der Waals surface area contributed by atoms with Gasteiger partial charge in [-0.1, -0.05) is 29.8 Å². The minimum atomic E-state index is 0.650. The van der Waals surface area contributed by atoms with Gasteiger partial charge in [-0.25, -0.2) is 9.97 Å². The van der Waals surface area contributed by atoms with Crippen LogP contribution in [-0.2, 0) is 6.54 Å². The second-order valence-electron chi connectivity index (χ2n) is 6.50. The van der Waals surface area contributed by atoms with Gasteiger partial charge in [0.15, 0.2) is 5.82 Å². The van der Waals surface area contributed by atoms with E-state index in [0.29, 0.717) is 12.5 Å². The highest BCUT2D eigenvalue weighted by Crippen LogP contribution is 2.15. The summed E-state index contributed by atoms with van der Waals surface area (Å²) in [5.74, 6) is 2.15. The van der Waals surface area contributed by atoms with Gasteiger partial charge < -0.3 is 15.1 Å². The fourth-order valence-electron chi connectivity index (χ4n) is 2.97. The zero-order valence-corrected chi connectivity index (χ0v) is 15.3. The van der Waals surface area contributed by atoms with Gasteiger partial charge in [0.1, 0.15) is 0 Å². The minimum absolute atomic E-state index is 0.650. The van der Waals surface area contributed by atoms with E-state index >= 15 is 0 Å². The Labute approximate surface area is 158 Å². The molecule has 0 radical (unpaired) electrons. The highest BCUT2D eigenvalue weighted by atomic mass is 15.4. The minimum Gasteiger partial charge on any atom is -0.365 e. The molecule has 0 amide bonds. The van der Waals surface area contributed by atoms with Crippen molar-refractivity contribution < 1.29 is 0 Å². The van der Waals surface area contributed by atoms with Crippen LogP contribution in [0.3, 0.4) is 0 Å². The predicted molar refractivity (Wildman–Crippen MR) is 105 cm³/mol. The van der Waals surface area contributed by atoms with Gasteiger partial charge in [0, 0.05) is 45.1 Å². The average molecular weight is 362 g/mol. The summed E-state index contributed by atoms with van der Waals surface area (Å²) >= 11 is 0. The Kier molecular flexibility index (Phi) is 5.04. The first-order valence-electron chi connectivity index (χ1n) is 9.04. The number of anilines is 3. The third-order valence-corrected chi connectivity index (χ3v) is 4.54. The summed E-state index contributed by atoms with van der Waals surface area (Å²) in [5.41, 5.74) is 2.46. The van der Waals surface area contributed by atoms with Crippen molar-refractivity contribution in [3.8, 4) is 0 Å². The molecule has 1 aliphatic rings. The lowest BCUT2D eigenvalue weighted by molar-refractivity contribution is 0.623. The zero-order chi connectivity index (χ0) is 18.5. The van der Waals surface area contributed by atoms with Crippen LogP contribution in [0.5, 0.6) is 0 Å². The van der Waals surface area contributed by atoms with Crippen LogP contribution < -0.4 is 15.1 Å². The van der Waals surface area contributed by atoms with Crippen LogP contribution in [0.4, 0.5) is 17.7 Å². The average Bonchev–Trinajstić information content (AvgIpc) is 2.74. The summed E-state index contributed by atoms with van der Waals surface area (Å²) in [4.78, 5) is 17.6. The molecule has 1 N–H and O–H groups in total. The number of benzene rings is 1. The van der Waals surface area contributed by atoms with E-state index in [0.717, 1.165) is 37.9 Å². The molecule has 4 rings (SSSR count). The van der Waals surface area contributed by atoms with Gasteiger partial charge in [0.2, 0.25) is 11.9 Å². The van der Waals surface area contributed by atoms with Crippen LogP contribution in [0, 0.1) is 6.92 Å². The first kappa shape index (κ1) is 17.1. The quantitative estimate of drug-likeness (QED) is 0.737. The number of aromatic nitrogens is 5. The fraction of sp³-hybridized carbons (Fsp3) is 0.316. The summed E-state index contributed by atoms with van der Waals surface area (Å²) in [6, 6.07) is 10.3. The van der Waals surface area contributed by atoms with Crippen molar-refractivity contribution in [2.75, 3.05) is 41.3 Å². The highest BCUT2D eigenvalue weighted by molar-refractivity contribution is 5.42. The van der Waals surface area contributed by atoms with E-state index < -0.39 is 0 Å². The molecule has 0 atom stereocenters. The molecule has 138 valence electrons. The molecule has 8 nitrogen and oxygen atoms in total. The zero-order valence-electron chi connectivity index (χ0n) is 15.3. The van der Waals surface area contributed by atoms with Crippen LogP contribution in [0.25, 0.3) is 0 Å². The van der Waals surface area contributed by atoms with Gasteiger partial charge >= 0.3 is 0 Å². The summed E-state index contributed by atoms with van der Waals surface area (Å²) < 4.78 is 0. The molecule has 3 aromatic rings. The number of nitrogens with zero attached hydrogens (tertiary/aromatic N) is 7. The highest BCUT2D eigenvalue weighted by Gasteiger charge is 2.21. The van der Waals surface area contributed by atoms with Crippen molar-refractivity contribution >= 4 is 17.7 Å². The Bertz CT molecular complexity index is 860. The van der Waals surface area contributed by atoms with Crippen molar-refractivity contribution in [1.82, 2.24) is 25.1 Å². The Morgan fingerprint density at radius 2 is 1.59 bits per heavy atom. The third-order valence-electron chi connectivity index (χ3n) is 4.54. The number of nitrogens with one attached hydrogen (secondary N) is 1. The summed E-state index contributed by atoms with van der Waals surface area (Å²) in [6.07, 6.45) is 5.20. The second kappa shape index (κ2) is 7.94. The predicted octanol–water partition coefficient (Wildman–Crippen LogP) is 1.91. The van der Waals surface area contributed by atoms with Crippen LogP contribution in [0.15, 0.2) is 48.9 Å². The Hall–Kier alpha value is -3.29. The Morgan fingerprint density at radius 1 is 0.926 bits per heavy atom. The largest absolute Gasteiger partial charge is 0.365 e. The van der Waals surface area contributed by atoms with Crippen molar-refractivity contribution in [3.05, 3.63) is 60.0 Å². The number of hydrogen-bond donors (Lipinski definition) is 1. The van der Waals surface area contributed by atoms with E-state index in [1.165, 1.54) is 11.1 Å². The van der Waals surface area contributed by atoms with Crippen molar-refractivity contribution in [1.29, 1.82) is 0 Å². The maximum Gasteiger partial charge on any atom is 0.247 e. The molecular formula is C19H22N8. The molecule has 0 bridgehead atoms. The maximum absolute atomic E-state index is 4.62. The van der Waals surface area contributed by atoms with Gasteiger partial charge in [-0.15, -0.1) is 5.10 Å². The number of aryl methyl sites for hydroxylation is 1. The van der Waals surface area contributed by atoms with E-state index in [2.05, 4.69) is 71.5 Å². The van der Waals surface area contributed by atoms with Crippen LogP contribution >= 0.6 is 0 Å². The first-order chi connectivity index (χ1) is 13.3. The molecule has 2 aromatic heterocycles. The van der Waals surface area contributed by atoms with Crippen molar-refractivity contribution in [2.24, 2.45) is 0 Å². The number of piperazine rings is 1. The second-order valence-corrected chi connectivity index (χ2v) is 6.50. The summed E-state index contributed by atoms with van der Waals surface area (Å²) in [7, 11) is 0. The third kappa shape index (κ3) is 4.28. The SMILES string of the molecule is Cc1ccc(CNc2cnnc(N3CCN(c4ncccn4)CC3)n2)cc1. The molecule has 1 fully saturated rings. The van der Waals surface area contributed by atoms with Gasteiger partial charge in [-0.05, 0) is 18.6 Å². The lowest BCUT2D eigenvalue weighted by Crippen LogP contribution is -2.47. The van der Waals surface area contributed by atoms with Gasteiger partial charge in [0.05, 0.1) is 6.20 Å². The fourth-order valence-corrected chi connectivity index (χ4v) is 2.97. The first-order valence-corrected chi connectivity index (χ1v) is 9.04. The molecule has 27 heavy (non-hydrogen) atoms. The van der Waals surface area contributed by atoms with Crippen LogP contribution in [0.1, 0.15) is 11.1 Å². The van der Waals surface area contributed by atoms with E-state index in [1.807, 2.05) is 6.07 Å². The molecule has 0 aliphatic carbocycles. The summed E-state index contributed by atoms with van der Waals surface area (Å²) in [6.45, 7) is 6.06. The van der Waals surface area contributed by atoms with Gasteiger partial charge in [0.25, 0.3) is 0 Å². The molecule has 0 spiro atoms. The maximum atomic E-state index is 4.62. The van der Waals surface area contributed by atoms with Gasteiger partial charge in [-0.2, -0.15) is 10.1 Å². The molecule has 8 heteroatoms. The van der Waals surface area contributed by atoms with Crippen LogP contribution in [0.2, 0.25) is 0 Å².